The molecule has 33 heavy (non-hydrogen) atoms. The van der Waals surface area contributed by atoms with E-state index in [4.69, 9.17) is 11.6 Å². The normalized spacial score (nSPS) is 13.8. The van der Waals surface area contributed by atoms with Gasteiger partial charge >= 0.3 is 0 Å². The van der Waals surface area contributed by atoms with Gasteiger partial charge in [-0.25, -0.2) is 17.7 Å². The summed E-state index contributed by atoms with van der Waals surface area (Å²) < 4.78 is 40.5. The summed E-state index contributed by atoms with van der Waals surface area (Å²) in [5.41, 5.74) is 0.843. The van der Waals surface area contributed by atoms with E-state index in [1.165, 1.54) is 24.3 Å². The first-order valence-electron chi connectivity index (χ1n) is 9.49. The van der Waals surface area contributed by atoms with E-state index in [2.05, 4.69) is 15.9 Å². The third-order valence-corrected chi connectivity index (χ3v) is 8.94. The number of ketones is 1. The van der Waals surface area contributed by atoms with Gasteiger partial charge in [0.2, 0.25) is 5.91 Å². The summed E-state index contributed by atoms with van der Waals surface area (Å²) in [5.74, 6) is -3.46. The minimum atomic E-state index is -3.85. The monoisotopic (exact) mass is 569 g/mol. The molecule has 0 saturated heterocycles. The summed E-state index contributed by atoms with van der Waals surface area (Å²) in [6, 6.07) is 11.4. The van der Waals surface area contributed by atoms with Crippen molar-refractivity contribution in [3.63, 3.8) is 0 Å². The van der Waals surface area contributed by atoms with Crippen LogP contribution >= 0.6 is 38.9 Å². The number of nitrogens with zero attached hydrogens (tertiary/aromatic N) is 1. The molecular formula is C22H14BrClFNO5S2. The Morgan fingerprint density at radius 2 is 1.88 bits per heavy atom. The van der Waals surface area contributed by atoms with Crippen LogP contribution in [0.5, 0.6) is 0 Å². The van der Waals surface area contributed by atoms with E-state index in [1.807, 2.05) is 0 Å². The lowest BCUT2D eigenvalue weighted by atomic mass is 9.97. The highest BCUT2D eigenvalue weighted by molar-refractivity contribution is 9.10. The van der Waals surface area contributed by atoms with Gasteiger partial charge in [0.05, 0.1) is 16.4 Å². The first-order valence-corrected chi connectivity index (χ1v) is 13.1. The molecule has 1 aromatic heterocycles. The molecular weight excluding hydrogens is 557 g/mol. The van der Waals surface area contributed by atoms with Gasteiger partial charge in [-0.2, -0.15) is 0 Å². The topological polar surface area (TPSA) is 88.6 Å². The van der Waals surface area contributed by atoms with Crippen LogP contribution in [-0.4, -0.2) is 31.8 Å². The molecule has 3 aromatic rings. The van der Waals surface area contributed by atoms with Crippen molar-refractivity contribution in [2.75, 3.05) is 10.7 Å². The zero-order valence-electron chi connectivity index (χ0n) is 16.7. The summed E-state index contributed by atoms with van der Waals surface area (Å²) in [5, 5.41) is 0. The van der Waals surface area contributed by atoms with Crippen LogP contribution in [-0.2, 0) is 32.3 Å². The fourth-order valence-corrected chi connectivity index (χ4v) is 6.66. The van der Waals surface area contributed by atoms with Gasteiger partial charge in [-0.3, -0.25) is 14.4 Å². The second-order valence-electron chi connectivity index (χ2n) is 7.33. The number of anilines is 1. The number of rotatable bonds is 6. The van der Waals surface area contributed by atoms with E-state index >= 15 is 0 Å². The highest BCUT2D eigenvalue weighted by Crippen LogP contribution is 2.30. The van der Waals surface area contributed by atoms with E-state index in [-0.39, 0.29) is 32.6 Å². The fourth-order valence-electron chi connectivity index (χ4n) is 3.49. The van der Waals surface area contributed by atoms with Crippen molar-refractivity contribution >= 4 is 72.0 Å². The van der Waals surface area contributed by atoms with Crippen molar-refractivity contribution in [3.8, 4) is 0 Å². The second-order valence-corrected chi connectivity index (χ2v) is 12.2. The van der Waals surface area contributed by atoms with Gasteiger partial charge in [0.15, 0.2) is 15.6 Å². The lowest BCUT2D eigenvalue weighted by Crippen LogP contribution is -2.43. The van der Waals surface area contributed by atoms with Crippen LogP contribution in [0.3, 0.4) is 0 Å². The lowest BCUT2D eigenvalue weighted by Gasteiger charge is -2.27. The second kappa shape index (κ2) is 9.09. The van der Waals surface area contributed by atoms with Gasteiger partial charge in [0.25, 0.3) is 5.91 Å². The Balaban J connectivity index is 1.53. The van der Waals surface area contributed by atoms with Crippen LogP contribution in [0.1, 0.15) is 21.5 Å². The van der Waals surface area contributed by atoms with Gasteiger partial charge in [-0.1, -0.05) is 39.7 Å². The number of carbonyl (C=O) groups is 3. The third-order valence-electron chi connectivity index (χ3n) is 4.96. The standard InChI is InChI=1S/C22H14BrClFNO5S2/c23-14-3-2-13-9-20(28)26(22(29)16(13)10-14)18-4-1-12(8-17(18)25)7-15(27)11-33(30,31)21-6-5-19(24)32-21/h1-6,8,10H,7,9,11H2. The largest absolute Gasteiger partial charge is 0.298 e. The molecule has 1 aliphatic rings. The van der Waals surface area contributed by atoms with Crippen LogP contribution in [0, 0.1) is 5.82 Å². The van der Waals surface area contributed by atoms with Crippen molar-refractivity contribution in [2.45, 2.75) is 17.1 Å². The number of amides is 2. The van der Waals surface area contributed by atoms with E-state index in [1.54, 1.807) is 18.2 Å². The number of fused-ring (bicyclic) bond motifs is 1. The number of halogens is 3. The van der Waals surface area contributed by atoms with Crippen LogP contribution in [0.15, 0.2) is 57.2 Å². The molecule has 1 aliphatic heterocycles. The van der Waals surface area contributed by atoms with Crippen molar-refractivity contribution in [2.24, 2.45) is 0 Å². The van der Waals surface area contributed by atoms with Crippen molar-refractivity contribution in [1.82, 2.24) is 0 Å². The zero-order valence-corrected chi connectivity index (χ0v) is 20.7. The third kappa shape index (κ3) is 4.93. The zero-order chi connectivity index (χ0) is 23.9. The minimum absolute atomic E-state index is 0.0172. The van der Waals surface area contributed by atoms with Gasteiger partial charge in [-0.15, -0.1) is 11.3 Å². The predicted molar refractivity (Wildman–Crippen MR) is 126 cm³/mol. The summed E-state index contributed by atoms with van der Waals surface area (Å²) in [7, 11) is -3.85. The molecule has 0 radical (unpaired) electrons. The summed E-state index contributed by atoms with van der Waals surface area (Å²) in [4.78, 5) is 38.5. The maximum atomic E-state index is 14.9. The predicted octanol–water partition coefficient (Wildman–Crippen LogP) is 4.62. The first kappa shape index (κ1) is 23.7. The number of hydrogen-bond donors (Lipinski definition) is 0. The van der Waals surface area contributed by atoms with Crippen LogP contribution in [0.25, 0.3) is 0 Å². The smallest absolute Gasteiger partial charge is 0.265 e. The Labute approximate surface area is 206 Å². The van der Waals surface area contributed by atoms with Gasteiger partial charge < -0.3 is 0 Å². The molecule has 2 heterocycles. The number of benzene rings is 2. The van der Waals surface area contributed by atoms with Gasteiger partial charge in [0.1, 0.15) is 15.8 Å². The molecule has 170 valence electrons. The number of sulfone groups is 1. The van der Waals surface area contributed by atoms with Crippen LogP contribution < -0.4 is 4.90 Å². The van der Waals surface area contributed by atoms with Gasteiger partial charge in [0, 0.05) is 16.5 Å². The Kier molecular flexibility index (Phi) is 6.54. The van der Waals surface area contributed by atoms with Crippen molar-refractivity contribution < 1.29 is 27.2 Å². The Morgan fingerprint density at radius 3 is 2.55 bits per heavy atom. The summed E-state index contributed by atoms with van der Waals surface area (Å²) in [6.45, 7) is 0. The number of carbonyl (C=O) groups excluding carboxylic acids is 3. The molecule has 0 aliphatic carbocycles. The van der Waals surface area contributed by atoms with Crippen molar-refractivity contribution in [1.29, 1.82) is 0 Å². The molecule has 11 heteroatoms. The number of hydrogen-bond acceptors (Lipinski definition) is 6. The highest BCUT2D eigenvalue weighted by atomic mass is 79.9. The average Bonchev–Trinajstić information content (AvgIpc) is 3.17. The molecule has 0 atom stereocenters. The lowest BCUT2D eigenvalue weighted by molar-refractivity contribution is -0.118. The molecule has 2 aromatic carbocycles. The molecule has 6 nitrogen and oxygen atoms in total. The fraction of sp³-hybridized carbons (Fsp3) is 0.136. The Bertz CT molecular complexity index is 1420. The van der Waals surface area contributed by atoms with E-state index in [9.17, 15) is 27.2 Å². The molecule has 0 fully saturated rings. The molecule has 0 spiro atoms. The molecule has 0 N–H and O–H groups in total. The minimum Gasteiger partial charge on any atom is -0.298 e. The maximum Gasteiger partial charge on any atom is 0.265 e. The Morgan fingerprint density at radius 1 is 1.12 bits per heavy atom. The molecule has 0 bridgehead atoms. The highest BCUT2D eigenvalue weighted by Gasteiger charge is 2.34. The Hall–Kier alpha value is -2.40. The quantitative estimate of drug-likeness (QED) is 0.404. The van der Waals surface area contributed by atoms with Crippen molar-refractivity contribution in [3.05, 3.63) is 79.8 Å². The SMILES string of the molecule is O=C(Cc1ccc(N2C(=O)Cc3ccc(Br)cc3C2=O)c(F)c1)CS(=O)(=O)c1ccc(Cl)s1. The maximum absolute atomic E-state index is 14.9. The summed E-state index contributed by atoms with van der Waals surface area (Å²) >= 11 is 9.89. The first-order chi connectivity index (χ1) is 15.5. The average molecular weight is 571 g/mol. The van der Waals surface area contributed by atoms with Gasteiger partial charge in [-0.05, 0) is 47.5 Å². The van der Waals surface area contributed by atoms with E-state index in [0.717, 1.165) is 22.3 Å². The number of imide groups is 1. The van der Waals surface area contributed by atoms with E-state index < -0.39 is 39.0 Å². The summed E-state index contributed by atoms with van der Waals surface area (Å²) in [6.07, 6.45) is -0.383. The van der Waals surface area contributed by atoms with E-state index in [0.29, 0.717) is 15.6 Å². The molecule has 4 rings (SSSR count). The number of thiophene rings is 1. The van der Waals surface area contributed by atoms with Crippen LogP contribution in [0.4, 0.5) is 10.1 Å². The van der Waals surface area contributed by atoms with Crippen LogP contribution in [0.2, 0.25) is 4.34 Å². The molecule has 2 amide bonds. The molecule has 0 unspecified atom stereocenters. The molecule has 0 saturated carbocycles. The number of Topliss-reactive ketones (excluding diaryl/α,β-unsaturated/α-hetero) is 1.